The van der Waals surface area contributed by atoms with Gasteiger partial charge in [0.2, 0.25) is 0 Å². The first-order chi connectivity index (χ1) is 17.4. The van der Waals surface area contributed by atoms with Gasteiger partial charge in [0.15, 0.2) is 0 Å². The molecule has 1 aliphatic carbocycles. The van der Waals surface area contributed by atoms with Crippen LogP contribution in [0.4, 0.5) is 27.6 Å². The predicted molar refractivity (Wildman–Crippen MR) is 121 cm³/mol. The summed E-state index contributed by atoms with van der Waals surface area (Å²) in [4.78, 5) is 10.8. The molecule has 1 heterocycles. The van der Waals surface area contributed by atoms with Crippen LogP contribution in [0.5, 0.6) is 5.75 Å². The molecule has 0 amide bonds. The molecule has 1 unspecified atom stereocenters. The van der Waals surface area contributed by atoms with Crippen molar-refractivity contribution in [3.63, 3.8) is 0 Å². The molecule has 1 aliphatic heterocycles. The van der Waals surface area contributed by atoms with Crippen molar-refractivity contribution in [3.8, 4) is 16.9 Å². The molecule has 0 bridgehead atoms. The average molecular weight is 539 g/mol. The Bertz CT molecular complexity index is 1510. The van der Waals surface area contributed by atoms with Gasteiger partial charge in [0.25, 0.3) is 10.0 Å². The molecule has 3 aromatic rings. The maximum atomic E-state index is 14.4. The van der Waals surface area contributed by atoms with Gasteiger partial charge in [-0.3, -0.25) is 9.10 Å². The van der Waals surface area contributed by atoms with Gasteiger partial charge in [-0.2, -0.15) is 13.2 Å². The number of alkyl halides is 3. The van der Waals surface area contributed by atoms with Gasteiger partial charge in [-0.25, -0.2) is 17.2 Å². The van der Waals surface area contributed by atoms with Crippen molar-refractivity contribution in [1.29, 1.82) is 0 Å². The molecule has 1 fully saturated rings. The molecule has 0 saturated heterocycles. The second kappa shape index (κ2) is 8.72. The number of nitrogens with zero attached hydrogens (tertiary/aromatic N) is 1. The Morgan fingerprint density at radius 2 is 1.78 bits per heavy atom. The highest BCUT2D eigenvalue weighted by Crippen LogP contribution is 2.48. The number of ether oxygens (including phenoxy) is 1. The van der Waals surface area contributed by atoms with E-state index in [9.17, 15) is 40.3 Å². The van der Waals surface area contributed by atoms with Gasteiger partial charge in [0.1, 0.15) is 23.5 Å². The van der Waals surface area contributed by atoms with Gasteiger partial charge in [-0.1, -0.05) is 12.1 Å². The van der Waals surface area contributed by atoms with Crippen molar-refractivity contribution in [3.05, 3.63) is 77.9 Å². The zero-order valence-corrected chi connectivity index (χ0v) is 19.6. The third kappa shape index (κ3) is 4.61. The molecule has 2 aliphatic rings. The van der Waals surface area contributed by atoms with Gasteiger partial charge in [-0.15, -0.1) is 0 Å². The first-order valence-electron chi connectivity index (χ1n) is 11.0. The summed E-state index contributed by atoms with van der Waals surface area (Å²) in [6.45, 7) is -0.380. The number of carboxylic acid groups (broad SMARTS) is 1. The Morgan fingerprint density at radius 3 is 2.46 bits per heavy atom. The Morgan fingerprint density at radius 1 is 1.03 bits per heavy atom. The van der Waals surface area contributed by atoms with Crippen LogP contribution in [-0.4, -0.2) is 32.1 Å². The standard InChI is InChI=1S/C25H18F5NO5S/c26-15-5-6-20(27)17(10-15)13-4-7-22-21(8-13)31(12-23(36-22)18-11-19(18)24(32)33)37(34,35)16-3-1-2-14(9-16)25(28,29)30/h1-10,18-19,23H,11-12H2,(H,32,33)/t18?,19-,23+/m0/s1. The van der Waals surface area contributed by atoms with Gasteiger partial charge in [0, 0.05) is 11.5 Å². The average Bonchev–Trinajstić information content (AvgIpc) is 3.65. The van der Waals surface area contributed by atoms with Gasteiger partial charge in [0.05, 0.1) is 28.6 Å². The van der Waals surface area contributed by atoms with Crippen LogP contribution in [0.3, 0.4) is 0 Å². The highest BCUT2D eigenvalue weighted by atomic mass is 32.2. The zero-order valence-electron chi connectivity index (χ0n) is 18.7. The molecule has 3 aromatic carbocycles. The topological polar surface area (TPSA) is 83.9 Å². The number of hydrogen-bond donors (Lipinski definition) is 1. The number of hydrogen-bond acceptors (Lipinski definition) is 4. The fourth-order valence-electron chi connectivity index (χ4n) is 4.48. The van der Waals surface area contributed by atoms with E-state index in [1.165, 1.54) is 18.2 Å². The van der Waals surface area contributed by atoms with E-state index in [4.69, 9.17) is 4.74 Å². The molecular formula is C25H18F5NO5S. The van der Waals surface area contributed by atoms with Gasteiger partial charge < -0.3 is 9.84 Å². The molecule has 1 saturated carbocycles. The largest absolute Gasteiger partial charge is 0.486 e. The molecule has 5 rings (SSSR count). The molecule has 1 N–H and O–H groups in total. The van der Waals surface area contributed by atoms with Crippen LogP contribution in [0, 0.1) is 23.5 Å². The molecule has 37 heavy (non-hydrogen) atoms. The smallest absolute Gasteiger partial charge is 0.416 e. The summed E-state index contributed by atoms with van der Waals surface area (Å²) in [6.07, 6.45) is -5.42. The van der Waals surface area contributed by atoms with Crippen molar-refractivity contribution < 1.29 is 45.0 Å². The maximum Gasteiger partial charge on any atom is 0.416 e. The lowest BCUT2D eigenvalue weighted by atomic mass is 10.0. The fraction of sp³-hybridized carbons (Fsp3) is 0.240. The number of sulfonamides is 1. The first-order valence-corrected chi connectivity index (χ1v) is 12.5. The number of aliphatic carboxylic acids is 1. The Kier molecular flexibility index (Phi) is 5.89. The molecule has 0 aromatic heterocycles. The molecule has 3 atom stereocenters. The van der Waals surface area contributed by atoms with E-state index in [2.05, 4.69) is 0 Å². The van der Waals surface area contributed by atoms with E-state index in [1.807, 2.05) is 0 Å². The van der Waals surface area contributed by atoms with Crippen molar-refractivity contribution in [1.82, 2.24) is 0 Å². The van der Waals surface area contributed by atoms with Crippen LogP contribution in [0.1, 0.15) is 12.0 Å². The number of anilines is 1. The quantitative estimate of drug-likeness (QED) is 0.444. The summed E-state index contributed by atoms with van der Waals surface area (Å²) in [5.41, 5.74) is -1.31. The summed E-state index contributed by atoms with van der Waals surface area (Å²) < 4.78 is 102. The summed E-state index contributed by atoms with van der Waals surface area (Å²) in [6, 6.07) is 9.96. The molecule has 12 heteroatoms. The minimum Gasteiger partial charge on any atom is -0.486 e. The van der Waals surface area contributed by atoms with E-state index in [0.29, 0.717) is 6.07 Å². The van der Waals surface area contributed by atoms with Crippen LogP contribution >= 0.6 is 0 Å². The maximum absolute atomic E-state index is 14.4. The lowest BCUT2D eigenvalue weighted by Gasteiger charge is -2.36. The number of benzene rings is 3. The van der Waals surface area contributed by atoms with Crippen LogP contribution < -0.4 is 9.04 Å². The number of carboxylic acids is 1. The lowest BCUT2D eigenvalue weighted by molar-refractivity contribution is -0.139. The Balaban J connectivity index is 1.62. The van der Waals surface area contributed by atoms with E-state index in [1.54, 1.807) is 0 Å². The SMILES string of the molecule is O=C(O)[C@H]1CC1[C@H]1CN(S(=O)(=O)c2cccc(C(F)(F)F)c2)c2cc(-c3cc(F)ccc3F)ccc2O1. The lowest BCUT2D eigenvalue weighted by Crippen LogP contribution is -2.45. The molecule has 0 spiro atoms. The van der Waals surface area contributed by atoms with Crippen molar-refractivity contribution in [2.75, 3.05) is 10.8 Å². The molecule has 194 valence electrons. The highest BCUT2D eigenvalue weighted by molar-refractivity contribution is 7.92. The van der Waals surface area contributed by atoms with Crippen LogP contribution in [0.15, 0.2) is 65.6 Å². The van der Waals surface area contributed by atoms with Crippen molar-refractivity contribution in [2.24, 2.45) is 11.8 Å². The van der Waals surface area contributed by atoms with E-state index < -0.39 is 62.2 Å². The Labute approximate surface area is 208 Å². The fourth-order valence-corrected chi connectivity index (χ4v) is 6.01. The van der Waals surface area contributed by atoms with Crippen molar-refractivity contribution in [2.45, 2.75) is 23.6 Å². The molecule has 6 nitrogen and oxygen atoms in total. The number of halogens is 5. The van der Waals surface area contributed by atoms with E-state index in [-0.39, 0.29) is 35.5 Å². The summed E-state index contributed by atoms with van der Waals surface area (Å²) >= 11 is 0. The summed E-state index contributed by atoms with van der Waals surface area (Å²) in [7, 11) is -4.61. The highest BCUT2D eigenvalue weighted by Gasteiger charge is 2.52. The minimum absolute atomic E-state index is 0.0170. The zero-order chi connectivity index (χ0) is 26.7. The van der Waals surface area contributed by atoms with Crippen LogP contribution in [0.25, 0.3) is 11.1 Å². The normalized spacial score (nSPS) is 21.2. The van der Waals surface area contributed by atoms with E-state index in [0.717, 1.165) is 40.7 Å². The number of fused-ring (bicyclic) bond motifs is 1. The predicted octanol–water partition coefficient (Wildman–Crippen LogP) is 5.33. The van der Waals surface area contributed by atoms with Crippen LogP contribution in [0.2, 0.25) is 0 Å². The second-order valence-corrected chi connectivity index (χ2v) is 10.7. The molecule has 0 radical (unpaired) electrons. The first kappa shape index (κ1) is 25.0. The third-order valence-electron chi connectivity index (χ3n) is 6.48. The molecular weight excluding hydrogens is 521 g/mol. The van der Waals surface area contributed by atoms with Gasteiger partial charge >= 0.3 is 12.1 Å². The minimum atomic E-state index is -4.79. The number of carbonyl (C=O) groups is 1. The Hall–Kier alpha value is -3.67. The monoisotopic (exact) mass is 539 g/mol. The van der Waals surface area contributed by atoms with Gasteiger partial charge in [-0.05, 0) is 60.5 Å². The summed E-state index contributed by atoms with van der Waals surface area (Å²) in [5.74, 6) is -3.81. The van der Waals surface area contributed by atoms with Crippen molar-refractivity contribution >= 4 is 21.7 Å². The number of rotatable bonds is 5. The second-order valence-electron chi connectivity index (χ2n) is 8.87. The van der Waals surface area contributed by atoms with E-state index >= 15 is 0 Å². The third-order valence-corrected chi connectivity index (χ3v) is 8.25. The summed E-state index contributed by atoms with van der Waals surface area (Å²) in [5, 5.41) is 9.31. The van der Waals surface area contributed by atoms with Crippen LogP contribution in [-0.2, 0) is 21.0 Å².